The molecule has 3 N–H and O–H groups in total. The van der Waals surface area contributed by atoms with Crippen molar-refractivity contribution in [3.8, 4) is 0 Å². The van der Waals surface area contributed by atoms with Crippen LogP contribution < -0.4 is 5.32 Å². The Hall–Kier alpha value is -3.36. The molecule has 0 saturated carbocycles. The van der Waals surface area contributed by atoms with Gasteiger partial charge in [-0.15, -0.1) is 0 Å². The number of carbonyl (C=O) groups is 1. The zero-order valence-electron chi connectivity index (χ0n) is 48.7. The molecule has 0 aromatic heterocycles. The molecular weight excluding hydrogens is 948 g/mol. The highest BCUT2D eigenvalue weighted by molar-refractivity contribution is 7.47. The summed E-state index contributed by atoms with van der Waals surface area (Å²) >= 11 is 0. The largest absolute Gasteiger partial charge is 0.472 e. The van der Waals surface area contributed by atoms with Crippen LogP contribution in [0.15, 0.2) is 134 Å². The maximum atomic E-state index is 13.0. The summed E-state index contributed by atoms with van der Waals surface area (Å²) in [6.45, 7) is 4.67. The van der Waals surface area contributed by atoms with E-state index in [2.05, 4.69) is 141 Å². The third-order valence-electron chi connectivity index (χ3n) is 12.6. The summed E-state index contributed by atoms with van der Waals surface area (Å²) in [5.74, 6) is -0.206. The first kappa shape index (κ1) is 71.6. The smallest absolute Gasteiger partial charge is 0.387 e. The third-order valence-corrected chi connectivity index (χ3v) is 13.6. The Kier molecular flexibility index (Phi) is 52.9. The maximum Gasteiger partial charge on any atom is 0.472 e. The van der Waals surface area contributed by atoms with Crippen molar-refractivity contribution in [3.63, 3.8) is 0 Å². The minimum absolute atomic E-state index is 0.0491. The summed E-state index contributed by atoms with van der Waals surface area (Å²) < 4.78 is 23.7. The molecule has 0 aliphatic carbocycles. The van der Waals surface area contributed by atoms with E-state index in [0.717, 1.165) is 116 Å². The van der Waals surface area contributed by atoms with E-state index in [1.807, 2.05) is 27.2 Å². The molecule has 1 amide bonds. The average molecular weight is 1060 g/mol. The number of nitrogens with zero attached hydrogens (tertiary/aromatic N) is 1. The van der Waals surface area contributed by atoms with E-state index in [0.29, 0.717) is 17.4 Å². The number of hydrogen-bond donors (Lipinski definition) is 3. The fourth-order valence-electron chi connectivity index (χ4n) is 7.95. The number of amides is 1. The number of nitrogens with one attached hydrogen (secondary N) is 1. The Morgan fingerprint density at radius 2 is 0.800 bits per heavy atom. The number of likely N-dealkylation sites (N-methyl/N-ethyl adjacent to an activating group) is 1. The molecule has 0 heterocycles. The first-order valence-corrected chi connectivity index (χ1v) is 31.6. The lowest BCUT2D eigenvalue weighted by molar-refractivity contribution is -0.870. The van der Waals surface area contributed by atoms with Crippen LogP contribution in [0.5, 0.6) is 0 Å². The first-order chi connectivity index (χ1) is 36.5. The van der Waals surface area contributed by atoms with Crippen LogP contribution in [-0.4, -0.2) is 73.4 Å². The lowest BCUT2D eigenvalue weighted by Gasteiger charge is -2.25. The molecule has 3 unspecified atom stereocenters. The molecule has 0 spiro atoms. The number of aliphatic hydroxyl groups is 1. The second kappa shape index (κ2) is 55.4. The standard InChI is InChI=1S/C66H113N2O6P/c1-6-8-10-12-14-16-18-20-22-24-26-27-28-29-30-31-32-33-34-35-36-37-38-39-40-41-42-44-46-48-50-52-54-56-58-60-66(70)67-64(63-74-75(71,72)73-62-61-68(3,4)5)65(69)59-57-55-53-51-49-47-45-43-25-23-21-19-17-15-13-11-9-7-2/h8,10,14,16,20,22,26-27,29-30,32-33,35-36,38-39,41-42,46,48,57,59,64-65,69H,6-7,9,11-13,15,17-19,21,23-25,28,31,34,37,40,43-45,47,49-56,58,60-63H2,1-5H3,(H-,67,70,71,72)/p+1/b10-8-,16-14-,22-20-,27-26-,30-29-,33-32-,36-35-,39-38-,42-41-,48-46-,59-57+. The van der Waals surface area contributed by atoms with Crippen LogP contribution in [0, 0.1) is 0 Å². The molecule has 0 aliphatic rings. The van der Waals surface area contributed by atoms with E-state index < -0.39 is 20.0 Å². The van der Waals surface area contributed by atoms with Crippen LogP contribution >= 0.6 is 7.82 Å². The fraction of sp³-hybridized carbons (Fsp3) is 0.652. The molecule has 0 saturated heterocycles. The predicted octanol–water partition coefficient (Wildman–Crippen LogP) is 18.7. The van der Waals surface area contributed by atoms with Gasteiger partial charge in [0, 0.05) is 6.42 Å². The van der Waals surface area contributed by atoms with Crippen LogP contribution in [0.2, 0.25) is 0 Å². The summed E-state index contributed by atoms with van der Waals surface area (Å²) in [4.78, 5) is 23.3. The minimum Gasteiger partial charge on any atom is -0.387 e. The van der Waals surface area contributed by atoms with Gasteiger partial charge in [-0.3, -0.25) is 13.8 Å². The normalized spacial score (nSPS) is 14.8. The molecule has 0 bridgehead atoms. The number of phosphoric ester groups is 1. The first-order valence-electron chi connectivity index (χ1n) is 30.1. The summed E-state index contributed by atoms with van der Waals surface area (Å²) in [5.41, 5.74) is 0. The Labute approximate surface area is 462 Å². The molecule has 3 atom stereocenters. The molecule has 428 valence electrons. The zero-order chi connectivity index (χ0) is 54.9. The van der Waals surface area contributed by atoms with Crippen LogP contribution in [0.4, 0.5) is 0 Å². The highest BCUT2D eigenvalue weighted by Gasteiger charge is 2.27. The fourth-order valence-corrected chi connectivity index (χ4v) is 8.69. The number of rotatable bonds is 53. The molecule has 75 heavy (non-hydrogen) atoms. The van der Waals surface area contributed by atoms with Crippen molar-refractivity contribution in [1.82, 2.24) is 5.32 Å². The van der Waals surface area contributed by atoms with Gasteiger partial charge in [0.15, 0.2) is 0 Å². The van der Waals surface area contributed by atoms with Gasteiger partial charge in [-0.25, -0.2) is 4.57 Å². The second-order valence-corrected chi connectivity index (χ2v) is 22.4. The number of phosphoric acid groups is 1. The SMILES string of the molecule is CC/C=C\C/C=C\C/C=C\C/C=C\C/C=C\C/C=C\C/C=C\C/C=C\C/C=C\C/C=C\CCCCCCC(=O)NC(COP(=O)(O)OCC[N+](C)(C)C)C(O)/C=C/CCCCCCCCCCCCCCCCCC. The van der Waals surface area contributed by atoms with Crippen molar-refractivity contribution in [1.29, 1.82) is 0 Å². The monoisotopic (exact) mass is 1060 g/mol. The van der Waals surface area contributed by atoms with E-state index in [4.69, 9.17) is 9.05 Å². The van der Waals surface area contributed by atoms with Gasteiger partial charge in [-0.2, -0.15) is 0 Å². The van der Waals surface area contributed by atoms with Gasteiger partial charge in [0.1, 0.15) is 13.2 Å². The minimum atomic E-state index is -4.36. The predicted molar refractivity (Wildman–Crippen MR) is 327 cm³/mol. The van der Waals surface area contributed by atoms with Crippen molar-refractivity contribution in [2.45, 2.75) is 238 Å². The quantitative estimate of drug-likeness (QED) is 0.0243. The van der Waals surface area contributed by atoms with Gasteiger partial charge < -0.3 is 19.8 Å². The second-order valence-electron chi connectivity index (χ2n) is 21.0. The molecule has 0 aromatic carbocycles. The van der Waals surface area contributed by atoms with Gasteiger partial charge in [-0.05, 0) is 96.3 Å². The number of aliphatic hydroxyl groups excluding tert-OH is 1. The molecule has 0 fully saturated rings. The number of quaternary nitrogens is 1. The number of hydrogen-bond acceptors (Lipinski definition) is 5. The summed E-state index contributed by atoms with van der Waals surface area (Å²) in [6.07, 6.45) is 84.1. The van der Waals surface area contributed by atoms with Crippen molar-refractivity contribution in [3.05, 3.63) is 134 Å². The Balaban J connectivity index is 4.28. The Morgan fingerprint density at radius 1 is 0.467 bits per heavy atom. The van der Waals surface area contributed by atoms with Gasteiger partial charge in [-0.1, -0.05) is 257 Å². The number of unbranched alkanes of at least 4 members (excludes halogenated alkanes) is 20. The molecule has 0 radical (unpaired) electrons. The zero-order valence-corrected chi connectivity index (χ0v) is 49.6. The van der Waals surface area contributed by atoms with Crippen LogP contribution in [-0.2, 0) is 18.4 Å². The van der Waals surface area contributed by atoms with E-state index in [1.165, 1.54) is 89.9 Å². The maximum absolute atomic E-state index is 13.0. The Bertz CT molecular complexity index is 1680. The highest BCUT2D eigenvalue weighted by Crippen LogP contribution is 2.43. The summed E-state index contributed by atoms with van der Waals surface area (Å²) in [7, 11) is 1.54. The van der Waals surface area contributed by atoms with Crippen molar-refractivity contribution in [2.24, 2.45) is 0 Å². The van der Waals surface area contributed by atoms with E-state index >= 15 is 0 Å². The van der Waals surface area contributed by atoms with Gasteiger partial charge in [0.2, 0.25) is 5.91 Å². The number of carbonyl (C=O) groups excluding carboxylic acids is 1. The Morgan fingerprint density at radius 3 is 1.17 bits per heavy atom. The van der Waals surface area contributed by atoms with Crippen molar-refractivity contribution in [2.75, 3.05) is 40.9 Å². The number of allylic oxidation sites excluding steroid dienone is 21. The van der Waals surface area contributed by atoms with Crippen molar-refractivity contribution < 1.29 is 32.9 Å². The summed E-state index contributed by atoms with van der Waals surface area (Å²) in [6, 6.07) is -0.871. The van der Waals surface area contributed by atoms with Crippen LogP contribution in [0.1, 0.15) is 226 Å². The van der Waals surface area contributed by atoms with Crippen LogP contribution in [0.3, 0.4) is 0 Å². The van der Waals surface area contributed by atoms with E-state index in [9.17, 15) is 19.4 Å². The van der Waals surface area contributed by atoms with E-state index in [1.54, 1.807) is 6.08 Å². The molecular formula is C66H114N2O6P+. The lowest BCUT2D eigenvalue weighted by atomic mass is 10.0. The van der Waals surface area contributed by atoms with Crippen LogP contribution in [0.25, 0.3) is 0 Å². The van der Waals surface area contributed by atoms with E-state index in [-0.39, 0.29) is 19.1 Å². The van der Waals surface area contributed by atoms with Crippen molar-refractivity contribution >= 4 is 13.7 Å². The topological polar surface area (TPSA) is 105 Å². The molecule has 0 aromatic rings. The lowest BCUT2D eigenvalue weighted by Crippen LogP contribution is -2.45. The summed E-state index contributed by atoms with van der Waals surface area (Å²) in [5, 5.41) is 13.9. The highest BCUT2D eigenvalue weighted by atomic mass is 31.2. The van der Waals surface area contributed by atoms with Gasteiger partial charge >= 0.3 is 7.82 Å². The third kappa shape index (κ3) is 58.2. The molecule has 9 heteroatoms. The van der Waals surface area contributed by atoms with Gasteiger partial charge in [0.25, 0.3) is 0 Å². The molecule has 8 nitrogen and oxygen atoms in total. The molecule has 0 aliphatic heterocycles. The average Bonchev–Trinajstić information content (AvgIpc) is 3.37. The molecule has 0 rings (SSSR count). The van der Waals surface area contributed by atoms with Gasteiger partial charge in [0.05, 0.1) is 39.9 Å².